The number of nitrogen functional groups attached to an aromatic ring is 1. The summed E-state index contributed by atoms with van der Waals surface area (Å²) in [6, 6.07) is 2.96. The van der Waals surface area contributed by atoms with E-state index in [1.165, 1.54) is 18.3 Å². The molecule has 1 heterocycles. The second kappa shape index (κ2) is 6.80. The number of hydrogen-bond donors (Lipinski definition) is 2. The zero-order chi connectivity index (χ0) is 15.4. The van der Waals surface area contributed by atoms with E-state index in [4.69, 9.17) is 33.7 Å². The fraction of sp³-hybridized carbons (Fsp3) is 0.231. The molecule has 8 heteroatoms. The number of carbonyl (C=O) groups excluding carboxylic acids is 1. The maximum atomic E-state index is 12.2. The first-order valence-electron chi connectivity index (χ1n) is 6.08. The van der Waals surface area contributed by atoms with Gasteiger partial charge in [-0.25, -0.2) is 0 Å². The molecule has 0 aliphatic rings. The number of halogens is 2. The maximum absolute atomic E-state index is 12.2. The van der Waals surface area contributed by atoms with Crippen LogP contribution in [0.15, 0.2) is 24.5 Å². The highest BCUT2D eigenvalue weighted by molar-refractivity contribution is 6.44. The van der Waals surface area contributed by atoms with Crippen molar-refractivity contribution >= 4 is 40.5 Å². The van der Waals surface area contributed by atoms with Crippen molar-refractivity contribution < 1.29 is 9.53 Å². The van der Waals surface area contributed by atoms with E-state index in [0.29, 0.717) is 24.5 Å². The molecule has 1 amide bonds. The zero-order valence-corrected chi connectivity index (χ0v) is 12.8. The summed E-state index contributed by atoms with van der Waals surface area (Å²) < 4.78 is 6.61. The molecule has 0 aliphatic heterocycles. The van der Waals surface area contributed by atoms with Crippen molar-refractivity contribution in [2.45, 2.75) is 6.54 Å². The van der Waals surface area contributed by atoms with E-state index in [1.807, 2.05) is 0 Å². The van der Waals surface area contributed by atoms with Gasteiger partial charge in [-0.15, -0.1) is 0 Å². The van der Waals surface area contributed by atoms with Gasteiger partial charge in [0.05, 0.1) is 40.6 Å². The smallest absolute Gasteiger partial charge is 0.257 e. The van der Waals surface area contributed by atoms with Crippen LogP contribution in [0.2, 0.25) is 10.0 Å². The number of methoxy groups -OCH3 is 1. The van der Waals surface area contributed by atoms with E-state index in [1.54, 1.807) is 18.0 Å². The Labute approximate surface area is 131 Å². The summed E-state index contributed by atoms with van der Waals surface area (Å²) in [5.74, 6) is -0.402. The van der Waals surface area contributed by atoms with E-state index in [-0.39, 0.29) is 15.6 Å². The molecule has 6 nitrogen and oxygen atoms in total. The van der Waals surface area contributed by atoms with Gasteiger partial charge < -0.3 is 15.8 Å². The molecule has 2 rings (SSSR count). The molecular weight excluding hydrogens is 315 g/mol. The molecule has 0 atom stereocenters. The minimum atomic E-state index is -0.402. The Balaban J connectivity index is 2.13. The highest BCUT2D eigenvalue weighted by atomic mass is 35.5. The molecule has 0 saturated heterocycles. The molecule has 0 spiro atoms. The van der Waals surface area contributed by atoms with Crippen molar-refractivity contribution in [1.29, 1.82) is 0 Å². The molecule has 2 aromatic rings. The monoisotopic (exact) mass is 328 g/mol. The van der Waals surface area contributed by atoms with Crippen molar-refractivity contribution in [3.63, 3.8) is 0 Å². The number of carbonyl (C=O) groups is 1. The van der Waals surface area contributed by atoms with Gasteiger partial charge >= 0.3 is 0 Å². The second-order valence-corrected chi connectivity index (χ2v) is 5.09. The summed E-state index contributed by atoms with van der Waals surface area (Å²) in [6.07, 6.45) is 3.23. The lowest BCUT2D eigenvalue weighted by Crippen LogP contribution is -2.13. The van der Waals surface area contributed by atoms with Gasteiger partial charge in [-0.2, -0.15) is 5.10 Å². The number of rotatable bonds is 5. The van der Waals surface area contributed by atoms with Gasteiger partial charge in [0.1, 0.15) is 0 Å². The number of nitrogens with two attached hydrogens (primary N) is 1. The Kier molecular flexibility index (Phi) is 5.06. The Morgan fingerprint density at radius 3 is 2.95 bits per heavy atom. The van der Waals surface area contributed by atoms with Gasteiger partial charge in [0.15, 0.2) is 0 Å². The molecule has 0 aliphatic carbocycles. The molecule has 21 heavy (non-hydrogen) atoms. The number of nitrogens with one attached hydrogen (secondary N) is 1. The number of hydrogen-bond acceptors (Lipinski definition) is 4. The van der Waals surface area contributed by atoms with Crippen molar-refractivity contribution in [3.8, 4) is 0 Å². The Morgan fingerprint density at radius 2 is 2.24 bits per heavy atom. The van der Waals surface area contributed by atoms with Crippen molar-refractivity contribution in [1.82, 2.24) is 9.78 Å². The van der Waals surface area contributed by atoms with Gasteiger partial charge in [0, 0.05) is 19.0 Å². The number of nitrogens with zero attached hydrogens (tertiary/aromatic N) is 2. The van der Waals surface area contributed by atoms with Gasteiger partial charge in [-0.05, 0) is 12.1 Å². The van der Waals surface area contributed by atoms with E-state index < -0.39 is 5.91 Å². The molecule has 1 aromatic heterocycles. The Morgan fingerprint density at radius 1 is 1.48 bits per heavy atom. The van der Waals surface area contributed by atoms with Crippen LogP contribution < -0.4 is 11.1 Å². The second-order valence-electron chi connectivity index (χ2n) is 4.30. The predicted molar refractivity (Wildman–Crippen MR) is 82.9 cm³/mol. The lowest BCUT2D eigenvalue weighted by atomic mass is 10.2. The van der Waals surface area contributed by atoms with Crippen LogP contribution in [-0.2, 0) is 11.3 Å². The first-order chi connectivity index (χ1) is 10.0. The summed E-state index contributed by atoms with van der Waals surface area (Å²) in [5, 5.41) is 7.18. The van der Waals surface area contributed by atoms with Crippen LogP contribution in [0.5, 0.6) is 0 Å². The lowest BCUT2D eigenvalue weighted by Gasteiger charge is -2.07. The Bertz CT molecular complexity index is 658. The summed E-state index contributed by atoms with van der Waals surface area (Å²) in [7, 11) is 1.61. The lowest BCUT2D eigenvalue weighted by molar-refractivity contribution is 0.102. The third-order valence-corrected chi connectivity index (χ3v) is 3.51. The summed E-state index contributed by atoms with van der Waals surface area (Å²) in [4.78, 5) is 12.2. The molecule has 1 aromatic carbocycles. The maximum Gasteiger partial charge on any atom is 0.257 e. The van der Waals surface area contributed by atoms with Gasteiger partial charge in [0.25, 0.3) is 5.91 Å². The molecular formula is C13H14Cl2N4O2. The number of ether oxygens (including phenoxy) is 1. The fourth-order valence-corrected chi connectivity index (χ4v) is 2.13. The molecule has 0 saturated carbocycles. The first kappa shape index (κ1) is 15.6. The number of aromatic nitrogens is 2. The molecule has 3 N–H and O–H groups in total. The van der Waals surface area contributed by atoms with Crippen LogP contribution in [0.1, 0.15) is 10.4 Å². The van der Waals surface area contributed by atoms with E-state index in [2.05, 4.69) is 10.4 Å². The van der Waals surface area contributed by atoms with Crippen LogP contribution in [0.4, 0.5) is 11.4 Å². The third kappa shape index (κ3) is 3.87. The van der Waals surface area contributed by atoms with E-state index in [0.717, 1.165) is 0 Å². The van der Waals surface area contributed by atoms with Crippen LogP contribution in [-0.4, -0.2) is 29.4 Å². The minimum Gasteiger partial charge on any atom is -0.399 e. The molecule has 0 fully saturated rings. The van der Waals surface area contributed by atoms with Crippen molar-refractivity contribution in [2.24, 2.45) is 0 Å². The van der Waals surface area contributed by atoms with E-state index >= 15 is 0 Å². The molecule has 112 valence electrons. The normalized spacial score (nSPS) is 10.6. The van der Waals surface area contributed by atoms with Crippen LogP contribution in [0.25, 0.3) is 0 Å². The van der Waals surface area contributed by atoms with E-state index in [9.17, 15) is 4.79 Å². The van der Waals surface area contributed by atoms with Crippen LogP contribution in [0, 0.1) is 0 Å². The third-order valence-electron chi connectivity index (χ3n) is 2.71. The number of anilines is 2. The van der Waals surface area contributed by atoms with Gasteiger partial charge in [0.2, 0.25) is 0 Å². The van der Waals surface area contributed by atoms with Crippen molar-refractivity contribution in [3.05, 3.63) is 40.1 Å². The molecule has 0 bridgehead atoms. The Hall–Kier alpha value is -1.76. The minimum absolute atomic E-state index is 0.162. The van der Waals surface area contributed by atoms with Crippen LogP contribution >= 0.6 is 23.2 Å². The quantitative estimate of drug-likeness (QED) is 0.826. The number of amides is 1. The largest absolute Gasteiger partial charge is 0.399 e. The predicted octanol–water partition coefficient (Wildman–Crippen LogP) is 2.67. The average Bonchev–Trinajstić information content (AvgIpc) is 2.87. The first-order valence-corrected chi connectivity index (χ1v) is 6.84. The van der Waals surface area contributed by atoms with Gasteiger partial charge in [-0.1, -0.05) is 23.2 Å². The summed E-state index contributed by atoms with van der Waals surface area (Å²) in [5.41, 5.74) is 6.79. The SMILES string of the molecule is COCCn1cc(NC(=O)c2cc(N)cc(Cl)c2Cl)cn1. The topological polar surface area (TPSA) is 82.2 Å². The highest BCUT2D eigenvalue weighted by Crippen LogP contribution is 2.29. The standard InChI is InChI=1S/C13H14Cl2N4O2/c1-21-3-2-19-7-9(6-17-19)18-13(20)10-4-8(16)5-11(14)12(10)15/h4-7H,2-3,16H2,1H3,(H,18,20). The summed E-state index contributed by atoms with van der Waals surface area (Å²) in [6.45, 7) is 1.13. The zero-order valence-electron chi connectivity index (χ0n) is 11.3. The van der Waals surface area contributed by atoms with Gasteiger partial charge in [-0.3, -0.25) is 9.48 Å². The molecule has 0 radical (unpaired) electrons. The number of benzene rings is 1. The highest BCUT2D eigenvalue weighted by Gasteiger charge is 2.15. The van der Waals surface area contributed by atoms with Crippen molar-refractivity contribution in [2.75, 3.05) is 24.8 Å². The summed E-state index contributed by atoms with van der Waals surface area (Å²) >= 11 is 11.9. The average molecular weight is 329 g/mol. The van der Waals surface area contributed by atoms with Crippen LogP contribution in [0.3, 0.4) is 0 Å². The molecule has 0 unspecified atom stereocenters. The fourth-order valence-electron chi connectivity index (χ4n) is 1.71.